The molecule has 0 atom stereocenters. The van der Waals surface area contributed by atoms with Gasteiger partial charge in [-0.2, -0.15) is 0 Å². The number of hydrogen-bond donors (Lipinski definition) is 1. The van der Waals surface area contributed by atoms with Gasteiger partial charge in [0.25, 0.3) is 0 Å². The first kappa shape index (κ1) is 13.5. The number of rotatable bonds is 4. The number of benzene rings is 3. The number of hydrogen-bond acceptors (Lipinski definition) is 2. The van der Waals surface area contributed by atoms with Crippen molar-refractivity contribution in [1.29, 1.82) is 0 Å². The highest BCUT2D eigenvalue weighted by Crippen LogP contribution is 2.28. The summed E-state index contributed by atoms with van der Waals surface area (Å²) in [6.45, 7) is 2.90. The van der Waals surface area contributed by atoms with Crippen LogP contribution in [0.2, 0.25) is 0 Å². The molecular formula is C19H19NO. The van der Waals surface area contributed by atoms with Gasteiger partial charge in [-0.3, -0.25) is 0 Å². The highest BCUT2D eigenvalue weighted by Gasteiger charge is 2.05. The smallest absolute Gasteiger partial charge is 0.126 e. The van der Waals surface area contributed by atoms with E-state index in [-0.39, 0.29) is 0 Å². The number of methoxy groups -OCH3 is 1. The summed E-state index contributed by atoms with van der Waals surface area (Å²) in [7, 11) is 1.71. The third kappa shape index (κ3) is 2.84. The van der Waals surface area contributed by atoms with Gasteiger partial charge in [0.15, 0.2) is 0 Å². The molecule has 3 aromatic rings. The average Bonchev–Trinajstić information content (AvgIpc) is 2.54. The van der Waals surface area contributed by atoms with E-state index in [9.17, 15) is 0 Å². The summed E-state index contributed by atoms with van der Waals surface area (Å²) in [6.07, 6.45) is 0. The third-order valence-electron chi connectivity index (χ3n) is 3.73. The van der Waals surface area contributed by atoms with Crippen molar-refractivity contribution in [3.63, 3.8) is 0 Å². The quantitative estimate of drug-likeness (QED) is 0.741. The van der Waals surface area contributed by atoms with E-state index in [1.807, 2.05) is 12.1 Å². The Kier molecular flexibility index (Phi) is 3.78. The molecule has 0 spiro atoms. The first-order valence-electron chi connectivity index (χ1n) is 7.13. The van der Waals surface area contributed by atoms with Crippen molar-refractivity contribution in [3.05, 3.63) is 71.8 Å². The van der Waals surface area contributed by atoms with E-state index in [1.54, 1.807) is 7.11 Å². The molecule has 0 amide bonds. The number of anilines is 1. The van der Waals surface area contributed by atoms with Crippen LogP contribution in [0, 0.1) is 6.92 Å². The second-order valence-electron chi connectivity index (χ2n) is 5.19. The molecule has 2 nitrogen and oxygen atoms in total. The predicted octanol–water partition coefficient (Wildman–Crippen LogP) is 4.77. The lowest BCUT2D eigenvalue weighted by molar-refractivity contribution is 0.419. The number of fused-ring (bicyclic) bond motifs is 1. The molecule has 0 bridgehead atoms. The van der Waals surface area contributed by atoms with Gasteiger partial charge in [0.05, 0.1) is 7.11 Å². The van der Waals surface area contributed by atoms with Crippen LogP contribution in [0.3, 0.4) is 0 Å². The zero-order valence-electron chi connectivity index (χ0n) is 12.4. The molecule has 0 aliphatic carbocycles. The zero-order chi connectivity index (χ0) is 14.7. The van der Waals surface area contributed by atoms with Crippen LogP contribution in [0.1, 0.15) is 11.1 Å². The molecule has 3 aromatic carbocycles. The number of nitrogens with one attached hydrogen (secondary N) is 1. The summed E-state index contributed by atoms with van der Waals surface area (Å²) in [4.78, 5) is 0. The van der Waals surface area contributed by atoms with E-state index in [0.717, 1.165) is 23.4 Å². The van der Waals surface area contributed by atoms with E-state index >= 15 is 0 Å². The lowest BCUT2D eigenvalue weighted by Gasteiger charge is -2.12. The molecule has 0 aromatic heterocycles. The SMILES string of the molecule is COc1ccc(CNc2ccc(C)cc2)c2ccccc12. The van der Waals surface area contributed by atoms with Crippen LogP contribution < -0.4 is 10.1 Å². The fraction of sp³-hybridized carbons (Fsp3) is 0.158. The van der Waals surface area contributed by atoms with Gasteiger partial charge in [0.1, 0.15) is 5.75 Å². The van der Waals surface area contributed by atoms with Crippen LogP contribution in [0.25, 0.3) is 10.8 Å². The second-order valence-corrected chi connectivity index (χ2v) is 5.19. The average molecular weight is 277 g/mol. The molecule has 0 heterocycles. The molecule has 0 saturated carbocycles. The molecule has 0 unspecified atom stereocenters. The van der Waals surface area contributed by atoms with Gasteiger partial charge >= 0.3 is 0 Å². The Morgan fingerprint density at radius 1 is 0.857 bits per heavy atom. The zero-order valence-corrected chi connectivity index (χ0v) is 12.4. The molecule has 0 aliphatic rings. The highest BCUT2D eigenvalue weighted by atomic mass is 16.5. The molecule has 3 rings (SSSR count). The van der Waals surface area contributed by atoms with Crippen molar-refractivity contribution >= 4 is 16.5 Å². The normalized spacial score (nSPS) is 10.6. The molecule has 1 N–H and O–H groups in total. The lowest BCUT2D eigenvalue weighted by atomic mass is 10.0. The summed E-state index contributed by atoms with van der Waals surface area (Å²) in [6, 6.07) is 21.0. The molecule has 21 heavy (non-hydrogen) atoms. The van der Waals surface area contributed by atoms with Crippen LogP contribution in [0.5, 0.6) is 5.75 Å². The van der Waals surface area contributed by atoms with Crippen molar-refractivity contribution in [2.24, 2.45) is 0 Å². The minimum absolute atomic E-state index is 0.799. The topological polar surface area (TPSA) is 21.3 Å². The molecule has 0 fully saturated rings. The summed E-state index contributed by atoms with van der Waals surface area (Å²) in [5, 5.41) is 5.87. The fourth-order valence-electron chi connectivity index (χ4n) is 2.53. The molecule has 106 valence electrons. The van der Waals surface area contributed by atoms with Gasteiger partial charge in [-0.05, 0) is 36.1 Å². The largest absolute Gasteiger partial charge is 0.496 e. The highest BCUT2D eigenvalue weighted by molar-refractivity contribution is 5.91. The van der Waals surface area contributed by atoms with Crippen LogP contribution in [0.15, 0.2) is 60.7 Å². The maximum absolute atomic E-state index is 5.44. The first-order chi connectivity index (χ1) is 10.3. The van der Waals surface area contributed by atoms with E-state index < -0.39 is 0 Å². The van der Waals surface area contributed by atoms with E-state index in [4.69, 9.17) is 4.74 Å². The Morgan fingerprint density at radius 2 is 1.57 bits per heavy atom. The van der Waals surface area contributed by atoms with Crippen molar-refractivity contribution in [1.82, 2.24) is 0 Å². The minimum atomic E-state index is 0.799. The van der Waals surface area contributed by atoms with Crippen LogP contribution in [-0.4, -0.2) is 7.11 Å². The predicted molar refractivity (Wildman–Crippen MR) is 89.0 cm³/mol. The molecule has 0 saturated heterocycles. The Balaban J connectivity index is 1.89. The van der Waals surface area contributed by atoms with Crippen molar-refractivity contribution < 1.29 is 4.74 Å². The van der Waals surface area contributed by atoms with Crippen LogP contribution in [-0.2, 0) is 6.54 Å². The second kappa shape index (κ2) is 5.88. The Hall–Kier alpha value is -2.48. The first-order valence-corrected chi connectivity index (χ1v) is 7.13. The Morgan fingerprint density at radius 3 is 2.29 bits per heavy atom. The summed E-state index contributed by atoms with van der Waals surface area (Å²) < 4.78 is 5.44. The summed E-state index contributed by atoms with van der Waals surface area (Å²) in [5.41, 5.74) is 3.68. The van der Waals surface area contributed by atoms with Gasteiger partial charge in [-0.25, -0.2) is 0 Å². The molecule has 0 aliphatic heterocycles. The minimum Gasteiger partial charge on any atom is -0.496 e. The van der Waals surface area contributed by atoms with Gasteiger partial charge < -0.3 is 10.1 Å². The van der Waals surface area contributed by atoms with Gasteiger partial charge in [-0.1, -0.05) is 48.0 Å². The van der Waals surface area contributed by atoms with Crippen molar-refractivity contribution in [2.75, 3.05) is 12.4 Å². The van der Waals surface area contributed by atoms with Crippen LogP contribution in [0.4, 0.5) is 5.69 Å². The van der Waals surface area contributed by atoms with Crippen molar-refractivity contribution in [3.8, 4) is 5.75 Å². The summed E-state index contributed by atoms with van der Waals surface area (Å²) in [5.74, 6) is 0.921. The van der Waals surface area contributed by atoms with Gasteiger partial charge in [0, 0.05) is 17.6 Å². The maximum atomic E-state index is 5.44. The Bertz CT molecular complexity index is 747. The molecular weight excluding hydrogens is 258 g/mol. The third-order valence-corrected chi connectivity index (χ3v) is 3.73. The molecule has 2 heteroatoms. The number of aryl methyl sites for hydroxylation is 1. The van der Waals surface area contributed by atoms with Gasteiger partial charge in [0.2, 0.25) is 0 Å². The fourth-order valence-corrected chi connectivity index (χ4v) is 2.53. The van der Waals surface area contributed by atoms with E-state index in [2.05, 4.69) is 60.8 Å². The monoisotopic (exact) mass is 277 g/mol. The van der Waals surface area contributed by atoms with Crippen molar-refractivity contribution in [2.45, 2.75) is 13.5 Å². The Labute approximate surface area is 125 Å². The molecule has 0 radical (unpaired) electrons. The summed E-state index contributed by atoms with van der Waals surface area (Å²) >= 11 is 0. The maximum Gasteiger partial charge on any atom is 0.126 e. The number of ether oxygens (including phenoxy) is 1. The standard InChI is InChI=1S/C19H19NO/c1-14-7-10-16(11-8-14)20-13-15-9-12-19(21-2)18-6-4-3-5-17(15)18/h3-12,20H,13H2,1-2H3. The van der Waals surface area contributed by atoms with Gasteiger partial charge in [-0.15, -0.1) is 0 Å². The van der Waals surface area contributed by atoms with E-state index in [1.165, 1.54) is 16.5 Å². The lowest BCUT2D eigenvalue weighted by Crippen LogP contribution is -2.00. The van der Waals surface area contributed by atoms with Crippen LogP contribution >= 0.6 is 0 Å². The van der Waals surface area contributed by atoms with E-state index in [0.29, 0.717) is 0 Å².